The molecule has 0 bridgehead atoms. The Morgan fingerprint density at radius 3 is 2.94 bits per heavy atom. The third-order valence-corrected chi connectivity index (χ3v) is 2.63. The van der Waals surface area contributed by atoms with Gasteiger partial charge in [-0.3, -0.25) is 0 Å². The Kier molecular flexibility index (Phi) is 3.56. The molecule has 1 atom stereocenters. The highest BCUT2D eigenvalue weighted by Crippen LogP contribution is 2.19. The number of aromatic nitrogens is 2. The Morgan fingerprint density at radius 1 is 1.35 bits per heavy atom. The van der Waals surface area contributed by atoms with Crippen molar-refractivity contribution >= 4 is 16.7 Å². The van der Waals surface area contributed by atoms with Crippen molar-refractivity contribution in [2.75, 3.05) is 5.32 Å². The maximum Gasteiger partial charge on any atom is 0.138 e. The van der Waals surface area contributed by atoms with Gasteiger partial charge >= 0.3 is 0 Å². The Labute approximate surface area is 101 Å². The van der Waals surface area contributed by atoms with Gasteiger partial charge in [0.15, 0.2) is 0 Å². The molecule has 0 radical (unpaired) electrons. The fraction of sp³-hybridized carbons (Fsp3) is 0.286. The van der Waals surface area contributed by atoms with Crippen LogP contribution < -0.4 is 5.32 Å². The van der Waals surface area contributed by atoms with E-state index in [2.05, 4.69) is 28.1 Å². The fourth-order valence-electron chi connectivity index (χ4n) is 1.77. The normalized spacial score (nSPS) is 12.0. The highest BCUT2D eigenvalue weighted by atomic mass is 15.0. The molecule has 0 amide bonds. The van der Waals surface area contributed by atoms with Gasteiger partial charge in [-0.25, -0.2) is 9.97 Å². The molecule has 0 aliphatic heterocycles. The summed E-state index contributed by atoms with van der Waals surface area (Å²) in [6.07, 6.45) is 9.04. The molecule has 1 aromatic carbocycles. The second kappa shape index (κ2) is 5.31. The molecular formula is C14H15N3. The van der Waals surface area contributed by atoms with Gasteiger partial charge in [-0.05, 0) is 18.6 Å². The molecule has 0 fully saturated rings. The van der Waals surface area contributed by atoms with Crippen LogP contribution in [0.15, 0.2) is 30.6 Å². The topological polar surface area (TPSA) is 37.8 Å². The number of hydrogen-bond acceptors (Lipinski definition) is 3. The van der Waals surface area contributed by atoms with Gasteiger partial charge in [0.25, 0.3) is 0 Å². The molecule has 3 nitrogen and oxygen atoms in total. The van der Waals surface area contributed by atoms with Crippen LogP contribution in [0, 0.1) is 12.3 Å². The first kappa shape index (κ1) is 11.4. The number of hydrogen-bond donors (Lipinski definition) is 1. The zero-order chi connectivity index (χ0) is 12.1. The first-order valence-corrected chi connectivity index (χ1v) is 5.77. The average Bonchev–Trinajstić information content (AvgIpc) is 2.38. The monoisotopic (exact) mass is 225 g/mol. The molecule has 1 unspecified atom stereocenters. The number of nitrogens with one attached hydrogen (secondary N) is 1. The highest BCUT2D eigenvalue weighted by Gasteiger charge is 2.07. The number of para-hydroxylation sites is 1. The van der Waals surface area contributed by atoms with Crippen LogP contribution in [-0.2, 0) is 0 Å². The van der Waals surface area contributed by atoms with E-state index in [0.29, 0.717) is 0 Å². The minimum absolute atomic E-state index is 0.0262. The lowest BCUT2D eigenvalue weighted by atomic mass is 10.1. The van der Waals surface area contributed by atoms with E-state index in [1.54, 1.807) is 6.33 Å². The smallest absolute Gasteiger partial charge is 0.138 e. The summed E-state index contributed by atoms with van der Waals surface area (Å²) >= 11 is 0. The van der Waals surface area contributed by atoms with Crippen molar-refractivity contribution in [2.45, 2.75) is 25.8 Å². The molecule has 86 valence electrons. The van der Waals surface area contributed by atoms with E-state index in [1.165, 1.54) is 0 Å². The van der Waals surface area contributed by atoms with Gasteiger partial charge in [0.2, 0.25) is 0 Å². The lowest BCUT2D eigenvalue weighted by molar-refractivity contribution is 0.753. The third-order valence-electron chi connectivity index (χ3n) is 2.63. The van der Waals surface area contributed by atoms with E-state index in [1.807, 2.05) is 24.3 Å². The summed E-state index contributed by atoms with van der Waals surface area (Å²) in [5.74, 6) is 3.56. The Hall–Kier alpha value is -2.08. The van der Waals surface area contributed by atoms with E-state index < -0.39 is 0 Å². The Bertz CT molecular complexity index is 537. The van der Waals surface area contributed by atoms with E-state index in [0.717, 1.165) is 29.6 Å². The average molecular weight is 225 g/mol. The molecule has 2 aromatic rings. The molecule has 0 aliphatic carbocycles. The van der Waals surface area contributed by atoms with Crippen molar-refractivity contribution in [2.24, 2.45) is 0 Å². The molecule has 1 aromatic heterocycles. The Balaban J connectivity index is 2.33. The summed E-state index contributed by atoms with van der Waals surface area (Å²) < 4.78 is 0. The zero-order valence-corrected chi connectivity index (χ0v) is 9.85. The van der Waals surface area contributed by atoms with Crippen LogP contribution in [0.25, 0.3) is 10.9 Å². The number of rotatable bonds is 4. The van der Waals surface area contributed by atoms with Crippen molar-refractivity contribution in [3.8, 4) is 12.3 Å². The summed E-state index contributed by atoms with van der Waals surface area (Å²) in [5.41, 5.74) is 0.928. The molecule has 0 spiro atoms. The van der Waals surface area contributed by atoms with Crippen LogP contribution in [0.3, 0.4) is 0 Å². The lowest BCUT2D eigenvalue weighted by Crippen LogP contribution is -2.17. The van der Waals surface area contributed by atoms with E-state index in [4.69, 9.17) is 6.42 Å². The van der Waals surface area contributed by atoms with Crippen LogP contribution in [-0.4, -0.2) is 16.0 Å². The van der Waals surface area contributed by atoms with E-state index in [9.17, 15) is 0 Å². The van der Waals surface area contributed by atoms with Crippen molar-refractivity contribution < 1.29 is 0 Å². The molecular weight excluding hydrogens is 210 g/mol. The number of terminal acetylenes is 1. The molecule has 1 heterocycles. The molecule has 0 aliphatic rings. The summed E-state index contributed by atoms with van der Waals surface area (Å²) in [6, 6.07) is 7.92. The minimum atomic E-state index is 0.0262. The Morgan fingerprint density at radius 2 is 2.18 bits per heavy atom. The number of nitrogens with zero attached hydrogens (tertiary/aromatic N) is 2. The highest BCUT2D eigenvalue weighted by molar-refractivity contribution is 5.88. The van der Waals surface area contributed by atoms with E-state index >= 15 is 0 Å². The summed E-state index contributed by atoms with van der Waals surface area (Å²) in [5, 5.41) is 4.29. The number of anilines is 1. The SMILES string of the molecule is C#CC(CCC)Nc1ncnc2ccccc12. The fourth-order valence-corrected chi connectivity index (χ4v) is 1.77. The largest absolute Gasteiger partial charge is 0.356 e. The van der Waals surface area contributed by atoms with Gasteiger partial charge in [0.05, 0.1) is 11.6 Å². The van der Waals surface area contributed by atoms with Gasteiger partial charge in [0.1, 0.15) is 12.1 Å². The lowest BCUT2D eigenvalue weighted by Gasteiger charge is -2.13. The minimum Gasteiger partial charge on any atom is -0.356 e. The third kappa shape index (κ3) is 2.54. The molecule has 0 saturated carbocycles. The molecule has 17 heavy (non-hydrogen) atoms. The second-order valence-corrected chi connectivity index (χ2v) is 3.89. The van der Waals surface area contributed by atoms with Gasteiger partial charge in [-0.15, -0.1) is 6.42 Å². The van der Waals surface area contributed by atoms with Crippen molar-refractivity contribution in [3.05, 3.63) is 30.6 Å². The van der Waals surface area contributed by atoms with Crippen LogP contribution >= 0.6 is 0 Å². The standard InChI is InChI=1S/C14H15N3/c1-3-7-11(4-2)17-14-12-8-5-6-9-13(12)15-10-16-14/h2,5-6,8-11H,3,7H2,1H3,(H,15,16,17). The van der Waals surface area contributed by atoms with Crippen LogP contribution in [0.1, 0.15) is 19.8 Å². The predicted octanol–water partition coefficient (Wildman–Crippen LogP) is 2.84. The summed E-state index contributed by atoms with van der Waals surface area (Å²) in [7, 11) is 0. The van der Waals surface area contributed by atoms with Gasteiger partial charge in [-0.2, -0.15) is 0 Å². The first-order valence-electron chi connectivity index (χ1n) is 5.77. The van der Waals surface area contributed by atoms with Crippen molar-refractivity contribution in [3.63, 3.8) is 0 Å². The maximum atomic E-state index is 5.49. The van der Waals surface area contributed by atoms with Crippen molar-refractivity contribution in [1.82, 2.24) is 9.97 Å². The van der Waals surface area contributed by atoms with Crippen LogP contribution in [0.5, 0.6) is 0 Å². The van der Waals surface area contributed by atoms with Gasteiger partial charge in [-0.1, -0.05) is 31.4 Å². The number of fused-ring (bicyclic) bond motifs is 1. The molecule has 1 N–H and O–H groups in total. The van der Waals surface area contributed by atoms with Gasteiger partial charge in [0, 0.05) is 5.39 Å². The summed E-state index contributed by atoms with van der Waals surface area (Å²) in [6.45, 7) is 2.12. The second-order valence-electron chi connectivity index (χ2n) is 3.89. The first-order chi connectivity index (χ1) is 8.35. The van der Waals surface area contributed by atoms with Crippen LogP contribution in [0.2, 0.25) is 0 Å². The van der Waals surface area contributed by atoms with Gasteiger partial charge < -0.3 is 5.32 Å². The quantitative estimate of drug-likeness (QED) is 0.813. The van der Waals surface area contributed by atoms with Crippen molar-refractivity contribution in [1.29, 1.82) is 0 Å². The van der Waals surface area contributed by atoms with Crippen LogP contribution in [0.4, 0.5) is 5.82 Å². The molecule has 0 saturated heterocycles. The zero-order valence-electron chi connectivity index (χ0n) is 9.85. The van der Waals surface area contributed by atoms with E-state index in [-0.39, 0.29) is 6.04 Å². The number of benzene rings is 1. The molecule has 2 rings (SSSR count). The maximum absolute atomic E-state index is 5.49. The predicted molar refractivity (Wildman–Crippen MR) is 70.7 cm³/mol. The summed E-state index contributed by atoms with van der Waals surface area (Å²) in [4.78, 5) is 8.48. The molecule has 3 heteroatoms.